The second-order valence-electron chi connectivity index (χ2n) is 7.13. The first-order chi connectivity index (χ1) is 8.69. The third-order valence-corrected chi connectivity index (χ3v) is 5.09. The van der Waals surface area contributed by atoms with Crippen LogP contribution in [-0.2, 0) is 0 Å². The molecule has 0 N–H and O–H groups in total. The van der Waals surface area contributed by atoms with Crippen LogP contribution in [0.5, 0.6) is 0 Å². The van der Waals surface area contributed by atoms with Gasteiger partial charge in [0.1, 0.15) is 0 Å². The summed E-state index contributed by atoms with van der Waals surface area (Å²) in [6.07, 6.45) is 4.18. The maximum absolute atomic E-state index is 2.72. The van der Waals surface area contributed by atoms with Crippen LogP contribution in [0.4, 0.5) is 0 Å². The number of hydrogen-bond acceptors (Lipinski definition) is 3. The minimum Gasteiger partial charge on any atom is -0.305 e. The van der Waals surface area contributed by atoms with Crippen LogP contribution >= 0.6 is 0 Å². The number of piperidine rings is 1. The first-order valence-electron chi connectivity index (χ1n) is 7.82. The van der Waals surface area contributed by atoms with Crippen LogP contribution in [0.25, 0.3) is 0 Å². The van der Waals surface area contributed by atoms with Crippen molar-refractivity contribution >= 4 is 0 Å². The van der Waals surface area contributed by atoms with Crippen LogP contribution in [0.3, 0.4) is 0 Å². The highest BCUT2D eigenvalue weighted by Gasteiger charge is 2.50. The summed E-state index contributed by atoms with van der Waals surface area (Å²) in [5.74, 6) is 0.980. The maximum atomic E-state index is 2.72. The Kier molecular flexibility index (Phi) is 3.65. The van der Waals surface area contributed by atoms with Crippen LogP contribution in [0, 0.1) is 11.3 Å². The minimum atomic E-state index is 0.720. The molecule has 104 valence electrons. The molecule has 0 aromatic heterocycles. The molecule has 3 aliphatic heterocycles. The molecular formula is C15H29N3. The second kappa shape index (κ2) is 5.10. The highest BCUT2D eigenvalue weighted by atomic mass is 15.3. The van der Waals surface area contributed by atoms with Gasteiger partial charge >= 0.3 is 0 Å². The maximum Gasteiger partial charge on any atom is 0.0212 e. The monoisotopic (exact) mass is 251 g/mol. The van der Waals surface area contributed by atoms with Crippen molar-refractivity contribution in [2.24, 2.45) is 11.3 Å². The first-order valence-corrected chi connectivity index (χ1v) is 7.82. The second-order valence-corrected chi connectivity index (χ2v) is 7.13. The summed E-state index contributed by atoms with van der Waals surface area (Å²) in [6.45, 7) is 13.1. The first kappa shape index (κ1) is 12.9. The van der Waals surface area contributed by atoms with Gasteiger partial charge in [-0.15, -0.1) is 0 Å². The highest BCUT2D eigenvalue weighted by molar-refractivity contribution is 5.04. The van der Waals surface area contributed by atoms with Crippen molar-refractivity contribution < 1.29 is 0 Å². The largest absolute Gasteiger partial charge is 0.305 e. The molecule has 0 bridgehead atoms. The molecule has 3 fully saturated rings. The summed E-state index contributed by atoms with van der Waals surface area (Å²) in [7, 11) is 2.25. The molecule has 0 atom stereocenters. The standard InChI is InChI=1S/C15H29N3/c1-3-6-17-7-4-14(5-8-17)9-18-12-15(13-18)10-16(2)11-15/h14H,3-13H2,1-2H3. The van der Waals surface area contributed by atoms with E-state index in [1.54, 1.807) is 0 Å². The smallest absolute Gasteiger partial charge is 0.0212 e. The van der Waals surface area contributed by atoms with E-state index in [4.69, 9.17) is 0 Å². The molecular weight excluding hydrogens is 222 g/mol. The normalized spacial score (nSPS) is 30.3. The van der Waals surface area contributed by atoms with Crippen molar-refractivity contribution in [3.05, 3.63) is 0 Å². The van der Waals surface area contributed by atoms with Crippen molar-refractivity contribution in [3.8, 4) is 0 Å². The lowest BCUT2D eigenvalue weighted by atomic mass is 9.72. The van der Waals surface area contributed by atoms with Crippen LogP contribution in [0.2, 0.25) is 0 Å². The topological polar surface area (TPSA) is 9.72 Å². The van der Waals surface area contributed by atoms with Gasteiger partial charge in [0, 0.05) is 38.1 Å². The van der Waals surface area contributed by atoms with E-state index in [2.05, 4.69) is 28.7 Å². The fraction of sp³-hybridized carbons (Fsp3) is 1.00. The van der Waals surface area contributed by atoms with Gasteiger partial charge < -0.3 is 14.7 Å². The Labute approximate surface area is 112 Å². The number of nitrogens with zero attached hydrogens (tertiary/aromatic N) is 3. The van der Waals surface area contributed by atoms with Gasteiger partial charge in [-0.1, -0.05) is 6.92 Å². The minimum absolute atomic E-state index is 0.720. The van der Waals surface area contributed by atoms with E-state index in [0.717, 1.165) is 11.3 Å². The number of rotatable bonds is 4. The molecule has 3 rings (SSSR count). The van der Waals surface area contributed by atoms with Gasteiger partial charge in [-0.25, -0.2) is 0 Å². The summed E-state index contributed by atoms with van der Waals surface area (Å²) in [5, 5.41) is 0. The Bertz CT molecular complexity index is 269. The zero-order chi connectivity index (χ0) is 12.6. The van der Waals surface area contributed by atoms with Crippen molar-refractivity contribution in [3.63, 3.8) is 0 Å². The van der Waals surface area contributed by atoms with Crippen molar-refractivity contribution in [2.75, 3.05) is 59.4 Å². The zero-order valence-corrected chi connectivity index (χ0v) is 12.2. The van der Waals surface area contributed by atoms with Gasteiger partial charge in [0.25, 0.3) is 0 Å². The molecule has 3 aliphatic rings. The molecule has 0 aliphatic carbocycles. The summed E-state index contributed by atoms with van der Waals surface area (Å²) < 4.78 is 0. The van der Waals surface area contributed by atoms with E-state index >= 15 is 0 Å². The van der Waals surface area contributed by atoms with Crippen molar-refractivity contribution in [1.29, 1.82) is 0 Å². The summed E-state index contributed by atoms with van der Waals surface area (Å²) in [5.41, 5.74) is 0.720. The zero-order valence-electron chi connectivity index (χ0n) is 12.2. The Hall–Kier alpha value is -0.120. The molecule has 3 nitrogen and oxygen atoms in total. The average molecular weight is 251 g/mol. The Morgan fingerprint density at radius 2 is 1.67 bits per heavy atom. The lowest BCUT2D eigenvalue weighted by molar-refractivity contribution is -0.110. The van der Waals surface area contributed by atoms with Crippen LogP contribution < -0.4 is 0 Å². The molecule has 0 unspecified atom stereocenters. The number of hydrogen-bond donors (Lipinski definition) is 0. The highest BCUT2D eigenvalue weighted by Crippen LogP contribution is 2.39. The molecule has 0 radical (unpaired) electrons. The summed E-state index contributed by atoms with van der Waals surface area (Å²) in [4.78, 5) is 7.82. The lowest BCUT2D eigenvalue weighted by Crippen LogP contribution is -2.71. The van der Waals surface area contributed by atoms with Gasteiger partial charge in [0.15, 0.2) is 0 Å². The molecule has 0 aromatic carbocycles. The van der Waals surface area contributed by atoms with E-state index < -0.39 is 0 Å². The van der Waals surface area contributed by atoms with Gasteiger partial charge in [-0.3, -0.25) is 0 Å². The van der Waals surface area contributed by atoms with Crippen LogP contribution in [0.15, 0.2) is 0 Å². The molecule has 0 amide bonds. The average Bonchev–Trinajstić information content (AvgIpc) is 2.27. The molecule has 18 heavy (non-hydrogen) atoms. The summed E-state index contributed by atoms with van der Waals surface area (Å²) in [6, 6.07) is 0. The van der Waals surface area contributed by atoms with E-state index in [1.165, 1.54) is 71.6 Å². The SMILES string of the molecule is CCCN1CCC(CN2CC3(CN(C)C3)C2)CC1. The van der Waals surface area contributed by atoms with Gasteiger partial charge in [-0.05, 0) is 51.9 Å². The molecule has 1 spiro atoms. The third-order valence-electron chi connectivity index (χ3n) is 5.09. The third kappa shape index (κ3) is 2.59. The summed E-state index contributed by atoms with van der Waals surface area (Å²) >= 11 is 0. The van der Waals surface area contributed by atoms with Gasteiger partial charge in [-0.2, -0.15) is 0 Å². The number of likely N-dealkylation sites (tertiary alicyclic amines) is 3. The van der Waals surface area contributed by atoms with Gasteiger partial charge in [0.05, 0.1) is 0 Å². The van der Waals surface area contributed by atoms with Gasteiger partial charge in [0.2, 0.25) is 0 Å². The fourth-order valence-corrected chi connectivity index (χ4v) is 4.40. The molecule has 3 heteroatoms. The molecule has 0 aromatic rings. The van der Waals surface area contributed by atoms with E-state index in [9.17, 15) is 0 Å². The molecule has 0 saturated carbocycles. The Balaban J connectivity index is 1.34. The predicted molar refractivity (Wildman–Crippen MR) is 75.8 cm³/mol. The van der Waals surface area contributed by atoms with Crippen LogP contribution in [-0.4, -0.2) is 74.1 Å². The quantitative estimate of drug-likeness (QED) is 0.747. The fourth-order valence-electron chi connectivity index (χ4n) is 4.40. The molecule has 3 saturated heterocycles. The predicted octanol–water partition coefficient (Wildman–Crippen LogP) is 1.36. The molecule has 3 heterocycles. The van der Waals surface area contributed by atoms with Crippen molar-refractivity contribution in [1.82, 2.24) is 14.7 Å². The van der Waals surface area contributed by atoms with E-state index in [-0.39, 0.29) is 0 Å². The van der Waals surface area contributed by atoms with Crippen molar-refractivity contribution in [2.45, 2.75) is 26.2 Å². The van der Waals surface area contributed by atoms with Crippen LogP contribution in [0.1, 0.15) is 26.2 Å². The van der Waals surface area contributed by atoms with E-state index in [0.29, 0.717) is 0 Å². The Morgan fingerprint density at radius 1 is 1.00 bits per heavy atom. The Morgan fingerprint density at radius 3 is 2.22 bits per heavy atom. The van der Waals surface area contributed by atoms with E-state index in [1.807, 2.05) is 0 Å². The lowest BCUT2D eigenvalue weighted by Gasteiger charge is -2.60.